The largest absolute Gasteiger partial charge is 0.482 e. The number of carbonyl (C=O) groups excluding carboxylic acids is 1. The Labute approximate surface area is 170 Å². The van der Waals surface area contributed by atoms with Gasteiger partial charge in [0.15, 0.2) is 11.5 Å². The van der Waals surface area contributed by atoms with E-state index < -0.39 is 6.10 Å². The average Bonchev–Trinajstić information content (AvgIpc) is 3.59. The lowest BCUT2D eigenvalue weighted by Gasteiger charge is -2.41. The molecule has 1 aliphatic carbocycles. The number of hydrogen-bond donors (Lipinski definition) is 0. The summed E-state index contributed by atoms with van der Waals surface area (Å²) < 4.78 is 11.9. The molecule has 29 heavy (non-hydrogen) atoms. The van der Waals surface area contributed by atoms with Crippen molar-refractivity contribution in [1.29, 1.82) is 0 Å². The van der Waals surface area contributed by atoms with Gasteiger partial charge in [0.25, 0.3) is 5.91 Å². The van der Waals surface area contributed by atoms with Gasteiger partial charge in [0, 0.05) is 31.4 Å². The zero-order valence-electron chi connectivity index (χ0n) is 16.6. The zero-order valence-corrected chi connectivity index (χ0v) is 16.6. The van der Waals surface area contributed by atoms with E-state index in [0.717, 1.165) is 31.7 Å². The van der Waals surface area contributed by atoms with Gasteiger partial charge in [0.2, 0.25) is 6.10 Å². The van der Waals surface area contributed by atoms with E-state index in [1.165, 1.54) is 12.8 Å². The fourth-order valence-electron chi connectivity index (χ4n) is 4.40. The van der Waals surface area contributed by atoms with Crippen LogP contribution in [0.15, 0.2) is 42.9 Å². The highest BCUT2D eigenvalue weighted by Gasteiger charge is 2.40. The van der Waals surface area contributed by atoms with E-state index in [1.807, 2.05) is 42.2 Å². The summed E-state index contributed by atoms with van der Waals surface area (Å²) in [5, 5.41) is 0. The molecule has 152 valence electrons. The number of aromatic nitrogens is 2. The Morgan fingerprint density at radius 3 is 2.38 bits per heavy atom. The molecular formula is C22H26N4O3. The third-order valence-corrected chi connectivity index (χ3v) is 6.03. The molecule has 2 unspecified atom stereocenters. The third kappa shape index (κ3) is 3.61. The minimum Gasteiger partial charge on any atom is -0.482 e. The second-order valence-corrected chi connectivity index (χ2v) is 8.07. The Kier molecular flexibility index (Phi) is 4.73. The number of amides is 1. The van der Waals surface area contributed by atoms with Crippen LogP contribution in [0.3, 0.4) is 0 Å². The monoisotopic (exact) mass is 394 g/mol. The first-order chi connectivity index (χ1) is 14.2. The minimum absolute atomic E-state index is 0.0189. The number of likely N-dealkylation sites (tertiary alicyclic amines) is 1. The molecule has 3 aliphatic rings. The van der Waals surface area contributed by atoms with E-state index >= 15 is 0 Å². The Hall–Kier alpha value is -2.83. The molecule has 0 bridgehead atoms. The SMILES string of the molecule is CC1Oc2ccccc2OC1C(=O)N1CCC(N(c2ccncn2)C2CC2)CC1. The lowest BCUT2D eigenvalue weighted by molar-refractivity contribution is -0.145. The van der Waals surface area contributed by atoms with Crippen LogP contribution < -0.4 is 14.4 Å². The molecule has 2 aromatic rings. The van der Waals surface area contributed by atoms with Crippen LogP contribution in [0.1, 0.15) is 32.6 Å². The molecule has 2 aliphatic heterocycles. The summed E-state index contributed by atoms with van der Waals surface area (Å²) >= 11 is 0. The molecule has 1 aromatic carbocycles. The number of anilines is 1. The van der Waals surface area contributed by atoms with Crippen molar-refractivity contribution in [2.24, 2.45) is 0 Å². The maximum Gasteiger partial charge on any atom is 0.267 e. The van der Waals surface area contributed by atoms with Crippen molar-refractivity contribution in [2.75, 3.05) is 18.0 Å². The number of carbonyl (C=O) groups is 1. The van der Waals surface area contributed by atoms with Crippen molar-refractivity contribution in [3.63, 3.8) is 0 Å². The number of hydrogen-bond acceptors (Lipinski definition) is 6. The van der Waals surface area contributed by atoms with Gasteiger partial charge in [0.05, 0.1) is 0 Å². The van der Waals surface area contributed by atoms with Crippen LogP contribution in [-0.4, -0.2) is 58.2 Å². The standard InChI is InChI=1S/C22H26N4O3/c1-15-21(29-19-5-3-2-4-18(19)28-15)22(27)25-12-9-17(10-13-25)26(16-6-7-16)20-8-11-23-14-24-20/h2-5,8,11,14-17,21H,6-7,9-10,12-13H2,1H3. The van der Waals surface area contributed by atoms with Crippen LogP contribution in [0.5, 0.6) is 11.5 Å². The molecule has 0 spiro atoms. The first kappa shape index (κ1) is 18.2. The van der Waals surface area contributed by atoms with Crippen LogP contribution in [0.25, 0.3) is 0 Å². The van der Waals surface area contributed by atoms with E-state index in [4.69, 9.17) is 9.47 Å². The predicted molar refractivity (Wildman–Crippen MR) is 108 cm³/mol. The van der Waals surface area contributed by atoms with Gasteiger partial charge < -0.3 is 19.3 Å². The molecule has 0 radical (unpaired) electrons. The molecular weight excluding hydrogens is 368 g/mol. The first-order valence-electron chi connectivity index (χ1n) is 10.5. The predicted octanol–water partition coefficient (Wildman–Crippen LogP) is 2.66. The highest BCUT2D eigenvalue weighted by atomic mass is 16.6. The summed E-state index contributed by atoms with van der Waals surface area (Å²) in [5.74, 6) is 2.36. The van der Waals surface area contributed by atoms with Gasteiger partial charge in [-0.05, 0) is 50.8 Å². The van der Waals surface area contributed by atoms with Crippen LogP contribution in [0.4, 0.5) is 5.82 Å². The molecule has 7 nitrogen and oxygen atoms in total. The van der Waals surface area contributed by atoms with Gasteiger partial charge in [-0.1, -0.05) is 12.1 Å². The van der Waals surface area contributed by atoms with E-state index in [0.29, 0.717) is 23.6 Å². The van der Waals surface area contributed by atoms with Crippen molar-refractivity contribution in [1.82, 2.24) is 14.9 Å². The fraction of sp³-hybridized carbons (Fsp3) is 0.500. The number of para-hydroxylation sites is 2. The Balaban J connectivity index is 1.24. The molecule has 2 fully saturated rings. The van der Waals surface area contributed by atoms with Crippen LogP contribution in [-0.2, 0) is 4.79 Å². The Morgan fingerprint density at radius 2 is 1.72 bits per heavy atom. The van der Waals surface area contributed by atoms with E-state index in [2.05, 4.69) is 14.9 Å². The van der Waals surface area contributed by atoms with Crippen molar-refractivity contribution < 1.29 is 14.3 Å². The Bertz CT molecular complexity index is 865. The first-order valence-corrected chi connectivity index (χ1v) is 10.5. The maximum absolute atomic E-state index is 13.2. The molecule has 5 rings (SSSR count). The smallest absolute Gasteiger partial charge is 0.267 e. The summed E-state index contributed by atoms with van der Waals surface area (Å²) in [4.78, 5) is 26.0. The highest BCUT2D eigenvalue weighted by Crippen LogP contribution is 2.36. The summed E-state index contributed by atoms with van der Waals surface area (Å²) in [6, 6.07) is 10.5. The summed E-state index contributed by atoms with van der Waals surface area (Å²) in [5.41, 5.74) is 0. The lowest BCUT2D eigenvalue weighted by Crippen LogP contribution is -2.54. The van der Waals surface area contributed by atoms with Gasteiger partial charge in [-0.25, -0.2) is 9.97 Å². The van der Waals surface area contributed by atoms with Gasteiger partial charge in [-0.2, -0.15) is 0 Å². The molecule has 0 N–H and O–H groups in total. The van der Waals surface area contributed by atoms with Crippen molar-refractivity contribution in [3.05, 3.63) is 42.9 Å². The van der Waals surface area contributed by atoms with E-state index in [-0.39, 0.29) is 12.0 Å². The number of benzene rings is 1. The number of rotatable bonds is 4. The zero-order chi connectivity index (χ0) is 19.8. The average molecular weight is 394 g/mol. The molecule has 1 amide bonds. The molecule has 1 saturated heterocycles. The van der Waals surface area contributed by atoms with Crippen molar-refractivity contribution in [3.8, 4) is 11.5 Å². The number of fused-ring (bicyclic) bond motifs is 1. The van der Waals surface area contributed by atoms with Crippen LogP contribution in [0.2, 0.25) is 0 Å². The molecule has 2 atom stereocenters. The fourth-order valence-corrected chi connectivity index (χ4v) is 4.40. The van der Waals surface area contributed by atoms with Crippen molar-refractivity contribution in [2.45, 2.75) is 56.9 Å². The topological polar surface area (TPSA) is 67.8 Å². The lowest BCUT2D eigenvalue weighted by atomic mass is 10.0. The quantitative estimate of drug-likeness (QED) is 0.794. The second-order valence-electron chi connectivity index (χ2n) is 8.07. The van der Waals surface area contributed by atoms with E-state index in [1.54, 1.807) is 12.5 Å². The van der Waals surface area contributed by atoms with Crippen LogP contribution >= 0.6 is 0 Å². The van der Waals surface area contributed by atoms with Crippen molar-refractivity contribution >= 4 is 11.7 Å². The molecule has 7 heteroatoms. The second kappa shape index (κ2) is 7.54. The van der Waals surface area contributed by atoms with Crippen LogP contribution in [0, 0.1) is 0 Å². The van der Waals surface area contributed by atoms with Gasteiger partial charge in [-0.15, -0.1) is 0 Å². The van der Waals surface area contributed by atoms with E-state index in [9.17, 15) is 4.79 Å². The Morgan fingerprint density at radius 1 is 1.03 bits per heavy atom. The highest BCUT2D eigenvalue weighted by molar-refractivity contribution is 5.82. The number of ether oxygens (including phenoxy) is 2. The molecule has 1 saturated carbocycles. The number of piperidine rings is 1. The third-order valence-electron chi connectivity index (χ3n) is 6.03. The van der Waals surface area contributed by atoms with Gasteiger partial charge in [0.1, 0.15) is 18.2 Å². The van der Waals surface area contributed by atoms with Gasteiger partial charge >= 0.3 is 0 Å². The normalized spacial score (nSPS) is 24.2. The minimum atomic E-state index is -0.595. The number of nitrogens with zero attached hydrogens (tertiary/aromatic N) is 4. The molecule has 1 aromatic heterocycles. The molecule has 3 heterocycles. The summed E-state index contributed by atoms with van der Waals surface area (Å²) in [6.45, 7) is 3.35. The summed E-state index contributed by atoms with van der Waals surface area (Å²) in [7, 11) is 0. The maximum atomic E-state index is 13.2. The van der Waals surface area contributed by atoms with Gasteiger partial charge in [-0.3, -0.25) is 4.79 Å². The summed E-state index contributed by atoms with van der Waals surface area (Å²) in [6.07, 6.45) is 6.82.